The van der Waals surface area contributed by atoms with Crippen molar-refractivity contribution in [3.63, 3.8) is 0 Å². The van der Waals surface area contributed by atoms with Crippen molar-refractivity contribution in [2.75, 3.05) is 5.32 Å². The van der Waals surface area contributed by atoms with Crippen LogP contribution in [-0.2, 0) is 4.79 Å². The highest BCUT2D eigenvalue weighted by molar-refractivity contribution is 6.06. The van der Waals surface area contributed by atoms with Crippen molar-refractivity contribution in [2.24, 2.45) is 0 Å². The van der Waals surface area contributed by atoms with E-state index in [2.05, 4.69) is 15.3 Å². The van der Waals surface area contributed by atoms with E-state index in [-0.39, 0.29) is 5.82 Å². The average Bonchev–Trinajstić information content (AvgIpc) is 3.05. The monoisotopic (exact) mass is 363 g/mol. The van der Waals surface area contributed by atoms with Crippen LogP contribution >= 0.6 is 0 Å². The van der Waals surface area contributed by atoms with Crippen LogP contribution in [0.1, 0.15) is 6.92 Å². The number of furan rings is 1. The molecule has 0 saturated carbocycles. The zero-order chi connectivity index (χ0) is 19.0. The fourth-order valence-electron chi connectivity index (χ4n) is 2.94. The molecule has 0 saturated heterocycles. The van der Waals surface area contributed by atoms with Crippen LogP contribution < -0.4 is 5.32 Å². The number of anilines is 1. The number of nitrogens with zero attached hydrogens (tertiary/aromatic N) is 2. The first-order valence-corrected chi connectivity index (χ1v) is 8.46. The summed E-state index contributed by atoms with van der Waals surface area (Å²) in [5.41, 5.74) is 2.34. The number of nitrogens with one attached hydrogen (secondary N) is 1. The molecule has 2 atom stereocenters. The van der Waals surface area contributed by atoms with E-state index >= 15 is 0 Å². The molecule has 0 fully saturated rings. The average molecular weight is 363 g/mol. The molecule has 0 radical (unpaired) electrons. The summed E-state index contributed by atoms with van der Waals surface area (Å²) in [6.07, 6.45) is -1.13. The maximum absolute atomic E-state index is 11.5. The summed E-state index contributed by atoms with van der Waals surface area (Å²) in [5, 5.41) is 22.8. The minimum atomic E-state index is -1.24. The molecule has 136 valence electrons. The van der Waals surface area contributed by atoms with Crippen LogP contribution in [0.4, 0.5) is 5.82 Å². The third-order valence-electron chi connectivity index (χ3n) is 4.29. The van der Waals surface area contributed by atoms with Gasteiger partial charge in [-0.2, -0.15) is 0 Å². The van der Waals surface area contributed by atoms with Crippen LogP contribution in [0.25, 0.3) is 33.5 Å². The summed E-state index contributed by atoms with van der Waals surface area (Å²) in [5.74, 6) is -0.524. The van der Waals surface area contributed by atoms with Gasteiger partial charge < -0.3 is 19.9 Å². The number of fused-ring (bicyclic) bond motifs is 3. The van der Waals surface area contributed by atoms with E-state index in [1.54, 1.807) is 0 Å². The lowest BCUT2D eigenvalue weighted by atomic mass is 10.1. The van der Waals surface area contributed by atoms with Crippen LogP contribution in [0.15, 0.2) is 59.0 Å². The van der Waals surface area contributed by atoms with Crippen LogP contribution in [0.2, 0.25) is 0 Å². The van der Waals surface area contributed by atoms with Gasteiger partial charge in [0.05, 0.1) is 6.10 Å². The molecule has 0 spiro atoms. The predicted molar refractivity (Wildman–Crippen MR) is 101 cm³/mol. The minimum Gasteiger partial charge on any atom is -0.480 e. The summed E-state index contributed by atoms with van der Waals surface area (Å²) in [6, 6.07) is 15.6. The van der Waals surface area contributed by atoms with Gasteiger partial charge in [0.25, 0.3) is 0 Å². The minimum absolute atomic E-state index is 0.225. The van der Waals surface area contributed by atoms with Gasteiger partial charge in [-0.25, -0.2) is 14.8 Å². The van der Waals surface area contributed by atoms with Gasteiger partial charge in [0, 0.05) is 10.9 Å². The lowest BCUT2D eigenvalue weighted by molar-refractivity contribution is -0.140. The van der Waals surface area contributed by atoms with Crippen molar-refractivity contribution in [1.29, 1.82) is 0 Å². The van der Waals surface area contributed by atoms with E-state index in [1.165, 1.54) is 6.92 Å². The number of aromatic nitrogens is 2. The first-order valence-electron chi connectivity index (χ1n) is 8.46. The number of aliphatic hydroxyl groups excluding tert-OH is 1. The molecule has 0 aliphatic carbocycles. The maximum Gasteiger partial charge on any atom is 0.328 e. The number of carboxylic acid groups (broad SMARTS) is 1. The number of hydrogen-bond donors (Lipinski definition) is 3. The number of aliphatic carboxylic acids is 1. The van der Waals surface area contributed by atoms with Crippen molar-refractivity contribution in [3.8, 4) is 11.4 Å². The fraction of sp³-hybridized carbons (Fsp3) is 0.150. The Bertz CT molecular complexity index is 1120. The summed E-state index contributed by atoms with van der Waals surface area (Å²) in [6.45, 7) is 1.40. The van der Waals surface area contributed by atoms with E-state index in [9.17, 15) is 15.0 Å². The quantitative estimate of drug-likeness (QED) is 0.499. The smallest absolute Gasteiger partial charge is 0.328 e. The van der Waals surface area contributed by atoms with Gasteiger partial charge in [0.1, 0.15) is 11.1 Å². The molecule has 4 rings (SSSR count). The number of hydrogen-bond acceptors (Lipinski definition) is 6. The summed E-state index contributed by atoms with van der Waals surface area (Å²) >= 11 is 0. The van der Waals surface area contributed by atoms with Crippen LogP contribution in [-0.4, -0.2) is 38.3 Å². The van der Waals surface area contributed by atoms with Crippen LogP contribution in [0, 0.1) is 0 Å². The molecule has 0 bridgehead atoms. The van der Waals surface area contributed by atoms with Gasteiger partial charge in [-0.1, -0.05) is 42.5 Å². The van der Waals surface area contributed by atoms with Crippen molar-refractivity contribution < 1.29 is 19.4 Å². The molecule has 2 heterocycles. The first kappa shape index (κ1) is 17.0. The highest BCUT2D eigenvalue weighted by Gasteiger charge is 2.26. The molecular formula is C20H17N3O4. The predicted octanol–water partition coefficient (Wildman–Crippen LogP) is 3.29. The Labute approximate surface area is 154 Å². The molecule has 2 aromatic heterocycles. The Balaban J connectivity index is 1.96. The van der Waals surface area contributed by atoms with Crippen molar-refractivity contribution in [3.05, 3.63) is 54.6 Å². The second kappa shape index (κ2) is 6.69. The number of aliphatic hydroxyl groups is 1. The Kier molecular flexibility index (Phi) is 4.21. The number of para-hydroxylation sites is 1. The number of carboxylic acids is 1. The van der Waals surface area contributed by atoms with E-state index < -0.39 is 18.1 Å². The Morgan fingerprint density at radius 1 is 1.07 bits per heavy atom. The van der Waals surface area contributed by atoms with Crippen LogP contribution in [0.3, 0.4) is 0 Å². The number of carbonyl (C=O) groups is 1. The molecule has 0 amide bonds. The molecule has 4 aromatic rings. The Morgan fingerprint density at radius 3 is 2.48 bits per heavy atom. The van der Waals surface area contributed by atoms with Gasteiger partial charge >= 0.3 is 5.97 Å². The van der Waals surface area contributed by atoms with Crippen molar-refractivity contribution in [2.45, 2.75) is 19.1 Å². The van der Waals surface area contributed by atoms with E-state index in [4.69, 9.17) is 4.42 Å². The van der Waals surface area contributed by atoms with Gasteiger partial charge in [0.2, 0.25) is 0 Å². The zero-order valence-corrected chi connectivity index (χ0v) is 14.5. The molecule has 2 aromatic carbocycles. The van der Waals surface area contributed by atoms with Gasteiger partial charge in [-0.05, 0) is 19.1 Å². The van der Waals surface area contributed by atoms with E-state index in [1.807, 2.05) is 54.6 Å². The Morgan fingerprint density at radius 2 is 1.78 bits per heavy atom. The highest BCUT2D eigenvalue weighted by Crippen LogP contribution is 2.33. The van der Waals surface area contributed by atoms with Crippen molar-refractivity contribution in [1.82, 2.24) is 9.97 Å². The molecule has 0 aliphatic heterocycles. The number of benzene rings is 2. The largest absolute Gasteiger partial charge is 0.480 e. The van der Waals surface area contributed by atoms with E-state index in [0.29, 0.717) is 22.5 Å². The topological polar surface area (TPSA) is 108 Å². The molecule has 0 aliphatic rings. The SMILES string of the molecule is C[C@H](O)[C@H](Nc1nc(-c2ccccc2)nc2c1oc1ccccc12)C(=O)O. The molecule has 7 nitrogen and oxygen atoms in total. The van der Waals surface area contributed by atoms with Gasteiger partial charge in [0.15, 0.2) is 23.3 Å². The normalized spacial score (nSPS) is 13.6. The first-order chi connectivity index (χ1) is 13.0. The summed E-state index contributed by atoms with van der Waals surface area (Å²) in [7, 11) is 0. The third kappa shape index (κ3) is 3.09. The molecule has 0 unspecified atom stereocenters. The molecule has 27 heavy (non-hydrogen) atoms. The van der Waals surface area contributed by atoms with Crippen molar-refractivity contribution >= 4 is 33.9 Å². The molecule has 3 N–H and O–H groups in total. The second-order valence-electron chi connectivity index (χ2n) is 6.24. The Hall–Kier alpha value is -3.45. The maximum atomic E-state index is 11.5. The lowest BCUT2D eigenvalue weighted by Gasteiger charge is -2.18. The second-order valence-corrected chi connectivity index (χ2v) is 6.24. The third-order valence-corrected chi connectivity index (χ3v) is 4.29. The van der Waals surface area contributed by atoms with Gasteiger partial charge in [-0.3, -0.25) is 0 Å². The highest BCUT2D eigenvalue weighted by atomic mass is 16.4. The standard InChI is InChI=1S/C20H17N3O4/c1-11(24)15(20(25)26)21-19-17-16(13-9-5-6-10-14(13)27-17)22-18(23-19)12-7-3-2-4-8-12/h2-11,15,24H,1H3,(H,25,26)(H,21,22,23)/t11-,15-/m0/s1. The van der Waals surface area contributed by atoms with Gasteiger partial charge in [-0.15, -0.1) is 0 Å². The van der Waals surface area contributed by atoms with Crippen LogP contribution in [0.5, 0.6) is 0 Å². The fourth-order valence-corrected chi connectivity index (χ4v) is 2.94. The number of rotatable bonds is 5. The molecule has 7 heteroatoms. The lowest BCUT2D eigenvalue weighted by Crippen LogP contribution is -2.39. The van der Waals surface area contributed by atoms with E-state index in [0.717, 1.165) is 10.9 Å². The molecular weight excluding hydrogens is 346 g/mol. The zero-order valence-electron chi connectivity index (χ0n) is 14.5. The summed E-state index contributed by atoms with van der Waals surface area (Å²) < 4.78 is 5.87. The summed E-state index contributed by atoms with van der Waals surface area (Å²) in [4.78, 5) is 20.6.